The van der Waals surface area contributed by atoms with Crippen LogP contribution in [0.5, 0.6) is 11.6 Å². The van der Waals surface area contributed by atoms with Gasteiger partial charge in [-0.1, -0.05) is 12.2 Å². The molecule has 0 saturated heterocycles. The van der Waals surface area contributed by atoms with Gasteiger partial charge in [-0.2, -0.15) is 0 Å². The summed E-state index contributed by atoms with van der Waals surface area (Å²) in [5.74, 6) is -1.74. The maximum Gasteiger partial charge on any atom is 0.248 e. The molecule has 4 nitrogen and oxygen atoms in total. The Kier molecular flexibility index (Phi) is 3.42. The Morgan fingerprint density at radius 3 is 2.67 bits per heavy atom. The van der Waals surface area contributed by atoms with E-state index in [-0.39, 0.29) is 22.3 Å². The summed E-state index contributed by atoms with van der Waals surface area (Å²) in [5.41, 5.74) is 5.52. The fourth-order valence-electron chi connectivity index (χ4n) is 1.23. The van der Waals surface area contributed by atoms with Gasteiger partial charge in [0, 0.05) is 18.5 Å². The molecule has 0 fully saturated rings. The molecule has 0 bridgehead atoms. The van der Waals surface area contributed by atoms with Crippen LogP contribution in [0.3, 0.4) is 0 Å². The summed E-state index contributed by atoms with van der Waals surface area (Å²) in [6.07, 6.45) is 2.69. The number of rotatable bonds is 3. The molecule has 0 radical (unpaired) electrons. The first-order chi connectivity index (χ1) is 8.58. The van der Waals surface area contributed by atoms with Crippen molar-refractivity contribution in [1.29, 1.82) is 0 Å². The van der Waals surface area contributed by atoms with Crippen LogP contribution in [0.1, 0.15) is 5.69 Å². The first kappa shape index (κ1) is 12.3. The molecule has 2 rings (SSSR count). The van der Waals surface area contributed by atoms with Crippen LogP contribution < -0.4 is 10.5 Å². The molecule has 92 valence electrons. The number of halogens is 2. The molecule has 1 aromatic heterocycles. The predicted octanol–water partition coefficient (Wildman–Crippen LogP) is 2.18. The van der Waals surface area contributed by atoms with Crippen molar-refractivity contribution >= 4 is 17.2 Å². The van der Waals surface area contributed by atoms with E-state index in [9.17, 15) is 8.78 Å². The second-order valence-corrected chi connectivity index (χ2v) is 3.69. The van der Waals surface area contributed by atoms with E-state index in [2.05, 4.69) is 9.97 Å². The van der Waals surface area contributed by atoms with E-state index in [1.807, 2.05) is 0 Å². The summed E-state index contributed by atoms with van der Waals surface area (Å²) in [4.78, 5) is 7.63. The Labute approximate surface area is 106 Å². The van der Waals surface area contributed by atoms with Crippen LogP contribution in [0.4, 0.5) is 8.78 Å². The molecule has 2 aromatic rings. The smallest absolute Gasteiger partial charge is 0.248 e. The van der Waals surface area contributed by atoms with Crippen LogP contribution in [-0.2, 0) is 0 Å². The van der Waals surface area contributed by atoms with Crippen molar-refractivity contribution in [2.24, 2.45) is 5.73 Å². The zero-order valence-corrected chi connectivity index (χ0v) is 9.75. The van der Waals surface area contributed by atoms with Crippen molar-refractivity contribution < 1.29 is 13.5 Å². The average molecular weight is 267 g/mol. The van der Waals surface area contributed by atoms with Crippen LogP contribution in [-0.4, -0.2) is 15.0 Å². The van der Waals surface area contributed by atoms with Crippen molar-refractivity contribution in [2.45, 2.75) is 0 Å². The molecule has 0 amide bonds. The number of aromatic nitrogens is 2. The summed E-state index contributed by atoms with van der Waals surface area (Å²) in [7, 11) is 0. The molecule has 7 heteroatoms. The van der Waals surface area contributed by atoms with Crippen LogP contribution in [0.25, 0.3) is 0 Å². The molecule has 0 aliphatic carbocycles. The van der Waals surface area contributed by atoms with Crippen molar-refractivity contribution in [3.63, 3.8) is 0 Å². The Hall–Kier alpha value is -2.15. The van der Waals surface area contributed by atoms with Gasteiger partial charge in [0.25, 0.3) is 0 Å². The Balaban J connectivity index is 2.40. The molecule has 0 atom stereocenters. The van der Waals surface area contributed by atoms with Gasteiger partial charge in [-0.25, -0.2) is 18.7 Å². The Bertz CT molecular complexity index is 607. The topological polar surface area (TPSA) is 61.0 Å². The van der Waals surface area contributed by atoms with Gasteiger partial charge in [0.2, 0.25) is 5.88 Å². The zero-order valence-electron chi connectivity index (χ0n) is 8.93. The molecule has 0 saturated carbocycles. The van der Waals surface area contributed by atoms with Gasteiger partial charge in [0.15, 0.2) is 17.3 Å². The maximum atomic E-state index is 13.4. The highest BCUT2D eigenvalue weighted by atomic mass is 32.1. The monoisotopic (exact) mass is 267 g/mol. The standard InChI is InChI=1S/C11H7F2N3OS/c12-6-1-2-7(13)8(5-6)17-11-9(10(14)18)15-3-4-16-11/h1-5H,(H2,14,18). The van der Waals surface area contributed by atoms with Gasteiger partial charge in [0.05, 0.1) is 0 Å². The van der Waals surface area contributed by atoms with Crippen molar-refractivity contribution in [2.75, 3.05) is 0 Å². The van der Waals surface area contributed by atoms with Crippen molar-refractivity contribution in [3.05, 3.63) is 47.9 Å². The fourth-order valence-corrected chi connectivity index (χ4v) is 1.37. The van der Waals surface area contributed by atoms with E-state index < -0.39 is 11.6 Å². The lowest BCUT2D eigenvalue weighted by Gasteiger charge is -2.08. The Morgan fingerprint density at radius 2 is 1.94 bits per heavy atom. The third kappa shape index (κ3) is 2.57. The van der Waals surface area contributed by atoms with E-state index in [1.54, 1.807) is 0 Å². The van der Waals surface area contributed by atoms with Crippen molar-refractivity contribution in [3.8, 4) is 11.6 Å². The Morgan fingerprint density at radius 1 is 1.22 bits per heavy atom. The summed E-state index contributed by atoms with van der Waals surface area (Å²) in [6, 6.07) is 2.82. The SMILES string of the molecule is NC(=S)c1nccnc1Oc1cc(F)ccc1F. The van der Waals surface area contributed by atoms with Gasteiger partial charge in [-0.15, -0.1) is 0 Å². The van der Waals surface area contributed by atoms with Gasteiger partial charge < -0.3 is 10.5 Å². The van der Waals surface area contributed by atoms with Crippen LogP contribution in [0, 0.1) is 11.6 Å². The van der Waals surface area contributed by atoms with Crippen LogP contribution >= 0.6 is 12.2 Å². The largest absolute Gasteiger partial charge is 0.434 e. The molecular formula is C11H7F2N3OS. The van der Waals surface area contributed by atoms with E-state index in [4.69, 9.17) is 22.7 Å². The average Bonchev–Trinajstić information content (AvgIpc) is 2.34. The van der Waals surface area contributed by atoms with Crippen LogP contribution in [0.2, 0.25) is 0 Å². The fraction of sp³-hybridized carbons (Fsp3) is 0. The quantitative estimate of drug-likeness (QED) is 0.864. The molecular weight excluding hydrogens is 260 g/mol. The molecule has 2 N–H and O–H groups in total. The number of ether oxygens (including phenoxy) is 1. The lowest BCUT2D eigenvalue weighted by molar-refractivity contribution is 0.419. The maximum absolute atomic E-state index is 13.4. The highest BCUT2D eigenvalue weighted by Gasteiger charge is 2.13. The van der Waals surface area contributed by atoms with Crippen molar-refractivity contribution in [1.82, 2.24) is 9.97 Å². The number of hydrogen-bond acceptors (Lipinski definition) is 4. The van der Waals surface area contributed by atoms with Gasteiger partial charge in [-0.3, -0.25) is 0 Å². The zero-order chi connectivity index (χ0) is 13.1. The predicted molar refractivity (Wildman–Crippen MR) is 64.4 cm³/mol. The highest BCUT2D eigenvalue weighted by molar-refractivity contribution is 7.80. The number of hydrogen-bond donors (Lipinski definition) is 1. The molecule has 0 unspecified atom stereocenters. The first-order valence-electron chi connectivity index (χ1n) is 4.81. The third-order valence-corrected chi connectivity index (χ3v) is 2.19. The molecule has 0 spiro atoms. The van der Waals surface area contributed by atoms with E-state index in [0.717, 1.165) is 18.2 Å². The summed E-state index contributed by atoms with van der Waals surface area (Å²) >= 11 is 4.75. The number of nitrogens with zero attached hydrogens (tertiary/aromatic N) is 2. The van der Waals surface area contributed by atoms with Crippen LogP contribution in [0.15, 0.2) is 30.6 Å². The second kappa shape index (κ2) is 5.01. The van der Waals surface area contributed by atoms with Gasteiger partial charge in [-0.05, 0) is 12.1 Å². The normalized spacial score (nSPS) is 10.1. The second-order valence-electron chi connectivity index (χ2n) is 3.25. The minimum Gasteiger partial charge on any atom is -0.434 e. The first-order valence-corrected chi connectivity index (χ1v) is 5.22. The minimum atomic E-state index is -0.726. The summed E-state index contributed by atoms with van der Waals surface area (Å²) in [5, 5.41) is 0. The van der Waals surface area contributed by atoms with E-state index in [1.165, 1.54) is 12.4 Å². The van der Waals surface area contributed by atoms with E-state index >= 15 is 0 Å². The molecule has 18 heavy (non-hydrogen) atoms. The summed E-state index contributed by atoms with van der Waals surface area (Å²) < 4.78 is 31.5. The summed E-state index contributed by atoms with van der Waals surface area (Å²) in [6.45, 7) is 0. The lowest BCUT2D eigenvalue weighted by atomic mass is 10.3. The van der Waals surface area contributed by atoms with Gasteiger partial charge >= 0.3 is 0 Å². The number of nitrogens with two attached hydrogens (primary N) is 1. The van der Waals surface area contributed by atoms with Gasteiger partial charge in [0.1, 0.15) is 10.8 Å². The van der Waals surface area contributed by atoms with E-state index in [0.29, 0.717) is 0 Å². The minimum absolute atomic E-state index is 0.0464. The molecule has 1 heterocycles. The molecule has 1 aromatic carbocycles. The number of benzene rings is 1. The molecule has 0 aliphatic heterocycles. The number of thiocarbonyl (C=S) groups is 1. The highest BCUT2D eigenvalue weighted by Crippen LogP contribution is 2.25. The molecule has 0 aliphatic rings. The third-order valence-electron chi connectivity index (χ3n) is 2.00. The lowest BCUT2D eigenvalue weighted by Crippen LogP contribution is -2.13.